The van der Waals surface area contributed by atoms with E-state index < -0.39 is 0 Å². The van der Waals surface area contributed by atoms with Crippen LogP contribution < -0.4 is 16.2 Å². The summed E-state index contributed by atoms with van der Waals surface area (Å²) in [5.74, 6) is 0.694. The summed E-state index contributed by atoms with van der Waals surface area (Å²) in [4.78, 5) is 3.95. The summed E-state index contributed by atoms with van der Waals surface area (Å²) in [7, 11) is 1.60. The highest BCUT2D eigenvalue weighted by molar-refractivity contribution is 5.57. The van der Waals surface area contributed by atoms with Gasteiger partial charge in [-0.15, -0.1) is 0 Å². The first kappa shape index (κ1) is 8.31. The summed E-state index contributed by atoms with van der Waals surface area (Å²) in [6, 6.07) is 0. The Morgan fingerprint density at radius 2 is 2.15 bits per heavy atom. The Labute approximate surface area is 76.9 Å². The predicted octanol–water partition coefficient (Wildman–Crippen LogP) is 0.620. The Bertz CT molecular complexity index is 334. The van der Waals surface area contributed by atoms with Crippen LogP contribution in [-0.2, 0) is 5.54 Å². The molecule has 4 heteroatoms. The van der Waals surface area contributed by atoms with Gasteiger partial charge >= 0.3 is 0 Å². The van der Waals surface area contributed by atoms with Gasteiger partial charge in [-0.25, -0.2) is 0 Å². The molecule has 0 amide bonds. The molecule has 70 valence electrons. The van der Waals surface area contributed by atoms with Gasteiger partial charge in [0.15, 0.2) is 0 Å². The number of rotatable bonds is 2. The highest BCUT2D eigenvalue weighted by atomic mass is 16.5. The van der Waals surface area contributed by atoms with Crippen molar-refractivity contribution in [1.82, 2.24) is 4.98 Å². The van der Waals surface area contributed by atoms with Crippen molar-refractivity contribution in [2.45, 2.75) is 18.4 Å². The molecule has 0 spiro atoms. The topological polar surface area (TPSA) is 74.2 Å². The number of hydrogen-bond donors (Lipinski definition) is 2. The van der Waals surface area contributed by atoms with E-state index in [0.29, 0.717) is 11.4 Å². The molecular formula is C9H13N3O. The first-order chi connectivity index (χ1) is 6.17. The molecule has 0 aliphatic heterocycles. The van der Waals surface area contributed by atoms with Crippen molar-refractivity contribution in [2.24, 2.45) is 5.73 Å². The lowest BCUT2D eigenvalue weighted by atomic mass is 10.0. The molecule has 1 heterocycles. The third-order valence-electron chi connectivity index (χ3n) is 2.45. The maximum absolute atomic E-state index is 6.06. The van der Waals surface area contributed by atoms with E-state index in [1.165, 1.54) is 0 Å². The average Bonchev–Trinajstić information content (AvgIpc) is 2.84. The van der Waals surface area contributed by atoms with E-state index in [0.717, 1.165) is 18.4 Å². The number of hydrogen-bond acceptors (Lipinski definition) is 4. The van der Waals surface area contributed by atoms with Gasteiger partial charge in [-0.1, -0.05) is 0 Å². The van der Waals surface area contributed by atoms with Gasteiger partial charge in [-0.3, -0.25) is 4.98 Å². The number of nitrogen functional groups attached to an aromatic ring is 1. The molecule has 0 atom stereocenters. The Morgan fingerprint density at radius 3 is 2.69 bits per heavy atom. The number of anilines is 1. The molecule has 4 N–H and O–H groups in total. The lowest BCUT2D eigenvalue weighted by molar-refractivity contribution is 0.403. The monoisotopic (exact) mass is 179 g/mol. The molecule has 1 aliphatic rings. The van der Waals surface area contributed by atoms with Crippen LogP contribution >= 0.6 is 0 Å². The molecule has 1 aliphatic carbocycles. The zero-order chi connectivity index (χ0) is 9.47. The maximum Gasteiger partial charge on any atom is 0.144 e. The van der Waals surface area contributed by atoms with Gasteiger partial charge in [-0.2, -0.15) is 0 Å². The third-order valence-corrected chi connectivity index (χ3v) is 2.45. The first-order valence-corrected chi connectivity index (χ1v) is 4.24. The number of nitrogens with two attached hydrogens (primary N) is 2. The van der Waals surface area contributed by atoms with E-state index in [2.05, 4.69) is 4.98 Å². The van der Waals surface area contributed by atoms with Crippen LogP contribution in [0, 0.1) is 0 Å². The first-order valence-electron chi connectivity index (χ1n) is 4.24. The van der Waals surface area contributed by atoms with Crippen molar-refractivity contribution in [2.75, 3.05) is 12.8 Å². The molecule has 13 heavy (non-hydrogen) atoms. The van der Waals surface area contributed by atoms with Gasteiger partial charge in [0, 0.05) is 11.1 Å². The zero-order valence-corrected chi connectivity index (χ0v) is 7.58. The van der Waals surface area contributed by atoms with E-state index in [9.17, 15) is 0 Å². The lowest BCUT2D eigenvalue weighted by Gasteiger charge is -2.15. The smallest absolute Gasteiger partial charge is 0.144 e. The van der Waals surface area contributed by atoms with E-state index >= 15 is 0 Å². The van der Waals surface area contributed by atoms with E-state index in [4.69, 9.17) is 16.2 Å². The standard InChI is InChI=1S/C9H13N3O/c1-13-7-5-12-4-6(10)8(7)9(11)2-3-9/h4-5H,2-3,10-11H2,1H3. The van der Waals surface area contributed by atoms with Crippen molar-refractivity contribution in [1.29, 1.82) is 0 Å². The maximum atomic E-state index is 6.06. The van der Waals surface area contributed by atoms with Crippen LogP contribution in [0.5, 0.6) is 5.75 Å². The number of aromatic nitrogens is 1. The fourth-order valence-electron chi connectivity index (χ4n) is 1.53. The van der Waals surface area contributed by atoms with Crippen LogP contribution in [0.3, 0.4) is 0 Å². The van der Waals surface area contributed by atoms with Crippen molar-refractivity contribution in [3.63, 3.8) is 0 Å². The number of ether oxygens (including phenoxy) is 1. The molecule has 0 radical (unpaired) electrons. The second kappa shape index (κ2) is 2.60. The van der Waals surface area contributed by atoms with Crippen molar-refractivity contribution in [3.05, 3.63) is 18.0 Å². The molecule has 0 unspecified atom stereocenters. The molecule has 0 saturated heterocycles. The SMILES string of the molecule is COc1cncc(N)c1C1(N)CC1. The molecular weight excluding hydrogens is 166 g/mol. The second-order valence-electron chi connectivity index (χ2n) is 3.46. The number of nitrogens with zero attached hydrogens (tertiary/aromatic N) is 1. The molecule has 1 aromatic heterocycles. The van der Waals surface area contributed by atoms with E-state index in [-0.39, 0.29) is 5.54 Å². The minimum absolute atomic E-state index is 0.266. The van der Waals surface area contributed by atoms with Crippen LogP contribution in [0.1, 0.15) is 18.4 Å². The summed E-state index contributed by atoms with van der Waals surface area (Å²) in [6.45, 7) is 0. The van der Waals surface area contributed by atoms with Gasteiger partial charge in [0.05, 0.1) is 25.2 Å². The van der Waals surface area contributed by atoms with Crippen LogP contribution in [0.15, 0.2) is 12.4 Å². The summed E-state index contributed by atoms with van der Waals surface area (Å²) >= 11 is 0. The Kier molecular flexibility index (Phi) is 1.66. The largest absolute Gasteiger partial charge is 0.495 e. The number of methoxy groups -OCH3 is 1. The minimum Gasteiger partial charge on any atom is -0.495 e. The summed E-state index contributed by atoms with van der Waals surface area (Å²) in [5.41, 5.74) is 13.1. The molecule has 2 rings (SSSR count). The second-order valence-corrected chi connectivity index (χ2v) is 3.46. The van der Waals surface area contributed by atoms with Gasteiger partial charge < -0.3 is 16.2 Å². The van der Waals surface area contributed by atoms with Crippen molar-refractivity contribution in [3.8, 4) is 5.75 Å². The van der Waals surface area contributed by atoms with E-state index in [1.54, 1.807) is 19.5 Å². The van der Waals surface area contributed by atoms with Crippen LogP contribution in [-0.4, -0.2) is 12.1 Å². The highest BCUT2D eigenvalue weighted by Crippen LogP contribution is 2.48. The summed E-state index contributed by atoms with van der Waals surface area (Å²) < 4.78 is 5.17. The molecule has 1 aromatic rings. The fourth-order valence-corrected chi connectivity index (χ4v) is 1.53. The normalized spacial score (nSPS) is 18.3. The summed E-state index contributed by atoms with van der Waals surface area (Å²) in [5, 5.41) is 0. The third kappa shape index (κ3) is 1.23. The van der Waals surface area contributed by atoms with Gasteiger partial charge in [0.2, 0.25) is 0 Å². The Hall–Kier alpha value is -1.29. The Morgan fingerprint density at radius 1 is 1.46 bits per heavy atom. The van der Waals surface area contributed by atoms with Crippen LogP contribution in [0.4, 0.5) is 5.69 Å². The minimum atomic E-state index is -0.266. The highest BCUT2D eigenvalue weighted by Gasteiger charge is 2.43. The lowest BCUT2D eigenvalue weighted by Crippen LogP contribution is -2.21. The molecule has 0 bridgehead atoms. The fraction of sp³-hybridized carbons (Fsp3) is 0.444. The molecule has 1 fully saturated rings. The summed E-state index contributed by atoms with van der Waals surface area (Å²) in [6.07, 6.45) is 5.21. The van der Waals surface area contributed by atoms with Gasteiger partial charge in [-0.05, 0) is 12.8 Å². The predicted molar refractivity (Wildman–Crippen MR) is 50.3 cm³/mol. The quantitative estimate of drug-likeness (QED) is 0.698. The average molecular weight is 179 g/mol. The van der Waals surface area contributed by atoms with Gasteiger partial charge in [0.1, 0.15) is 5.75 Å². The van der Waals surface area contributed by atoms with Crippen LogP contribution in [0.2, 0.25) is 0 Å². The zero-order valence-electron chi connectivity index (χ0n) is 7.58. The van der Waals surface area contributed by atoms with Crippen molar-refractivity contribution >= 4 is 5.69 Å². The molecule has 0 aromatic carbocycles. The van der Waals surface area contributed by atoms with Gasteiger partial charge in [0.25, 0.3) is 0 Å². The molecule has 1 saturated carbocycles. The molecule has 4 nitrogen and oxygen atoms in total. The number of pyridine rings is 1. The Balaban J connectivity index is 2.52. The van der Waals surface area contributed by atoms with Crippen molar-refractivity contribution < 1.29 is 4.74 Å². The van der Waals surface area contributed by atoms with E-state index in [1.807, 2.05) is 0 Å². The van der Waals surface area contributed by atoms with Crippen LogP contribution in [0.25, 0.3) is 0 Å².